The maximum absolute atomic E-state index is 12.0. The number of aliphatic hydroxyl groups is 2. The number of hydrogen-bond donors (Lipinski definition) is 3. The molecule has 8 heteroatoms. The highest BCUT2D eigenvalue weighted by Crippen LogP contribution is 2.50. The second-order valence-corrected chi connectivity index (χ2v) is 9.22. The highest BCUT2D eigenvalue weighted by Gasteiger charge is 2.49. The lowest BCUT2D eigenvalue weighted by Crippen LogP contribution is -2.37. The van der Waals surface area contributed by atoms with E-state index >= 15 is 0 Å². The Balaban J connectivity index is 1.57. The third-order valence-corrected chi connectivity index (χ3v) is 7.62. The molecular formula is C20H23ClO6S. The zero-order valence-electron chi connectivity index (χ0n) is 15.2. The van der Waals surface area contributed by atoms with Crippen LogP contribution in [0.25, 0.3) is 0 Å². The summed E-state index contributed by atoms with van der Waals surface area (Å²) in [7, 11) is 0. The van der Waals surface area contributed by atoms with Crippen LogP contribution in [0.2, 0.25) is 5.02 Å². The van der Waals surface area contributed by atoms with Crippen molar-refractivity contribution < 1.29 is 29.6 Å². The van der Waals surface area contributed by atoms with Gasteiger partial charge in [0.05, 0.1) is 18.8 Å². The summed E-state index contributed by atoms with van der Waals surface area (Å²) in [5.41, 5.74) is 2.59. The van der Waals surface area contributed by atoms with E-state index in [4.69, 9.17) is 21.1 Å². The van der Waals surface area contributed by atoms with E-state index in [1.54, 1.807) is 11.8 Å². The van der Waals surface area contributed by atoms with Crippen molar-refractivity contribution in [3.05, 3.63) is 46.0 Å². The molecule has 1 heterocycles. The summed E-state index contributed by atoms with van der Waals surface area (Å²) in [4.78, 5) is 12.0. The van der Waals surface area contributed by atoms with Crippen LogP contribution in [0.15, 0.2) is 29.8 Å². The lowest BCUT2D eigenvalue weighted by atomic mass is 9.94. The van der Waals surface area contributed by atoms with Gasteiger partial charge >= 0.3 is 5.97 Å². The van der Waals surface area contributed by atoms with Crippen molar-refractivity contribution in [3.8, 4) is 0 Å². The number of carboxylic acid groups (broad SMARTS) is 1. The molecule has 0 radical (unpaired) electrons. The molecule has 6 nitrogen and oxygen atoms in total. The minimum absolute atomic E-state index is 0.159. The Morgan fingerprint density at radius 1 is 1.18 bits per heavy atom. The molecule has 2 aliphatic carbocycles. The molecule has 1 aliphatic heterocycles. The molecule has 4 atom stereocenters. The number of aliphatic hydroxyl groups excluding tert-OH is 2. The van der Waals surface area contributed by atoms with Gasteiger partial charge in [0.1, 0.15) is 12.2 Å². The first-order valence-electron chi connectivity index (χ1n) is 9.42. The minimum atomic E-state index is -1.20. The van der Waals surface area contributed by atoms with Gasteiger partial charge in [0.2, 0.25) is 0 Å². The Hall–Kier alpha value is -1.09. The van der Waals surface area contributed by atoms with E-state index in [9.17, 15) is 20.1 Å². The quantitative estimate of drug-likeness (QED) is 0.666. The van der Waals surface area contributed by atoms with E-state index in [-0.39, 0.29) is 29.3 Å². The monoisotopic (exact) mass is 426 g/mol. The molecule has 0 aromatic heterocycles. The minimum Gasteiger partial charge on any atom is -0.478 e. The van der Waals surface area contributed by atoms with Crippen LogP contribution in [0.1, 0.15) is 35.6 Å². The lowest BCUT2D eigenvalue weighted by molar-refractivity contribution is -0.153. The van der Waals surface area contributed by atoms with Gasteiger partial charge < -0.3 is 24.8 Å². The van der Waals surface area contributed by atoms with Gasteiger partial charge in [-0.3, -0.25) is 0 Å². The number of aliphatic carboxylic acids is 1. The van der Waals surface area contributed by atoms with Crippen LogP contribution in [0.5, 0.6) is 0 Å². The first-order valence-corrected chi connectivity index (χ1v) is 10.7. The summed E-state index contributed by atoms with van der Waals surface area (Å²) >= 11 is 8.05. The average molecular weight is 427 g/mol. The second kappa shape index (κ2) is 7.97. The summed E-state index contributed by atoms with van der Waals surface area (Å²) in [5.74, 6) is -2.20. The molecule has 3 N–H and O–H groups in total. The largest absolute Gasteiger partial charge is 0.478 e. The van der Waals surface area contributed by atoms with Crippen molar-refractivity contribution in [2.45, 2.75) is 54.2 Å². The number of ether oxygens (including phenoxy) is 2. The zero-order chi connectivity index (χ0) is 19.9. The van der Waals surface area contributed by atoms with Crippen molar-refractivity contribution in [2.24, 2.45) is 0 Å². The molecule has 0 saturated carbocycles. The molecule has 0 bridgehead atoms. The van der Waals surface area contributed by atoms with Crippen LogP contribution < -0.4 is 0 Å². The van der Waals surface area contributed by atoms with Gasteiger partial charge in [-0.25, -0.2) is 4.79 Å². The number of thioether (sulfide) groups is 1. The van der Waals surface area contributed by atoms with Crippen molar-refractivity contribution in [1.82, 2.24) is 0 Å². The Morgan fingerprint density at radius 3 is 2.54 bits per heavy atom. The number of hydrogen-bond acceptors (Lipinski definition) is 6. The predicted octanol–water partition coefficient (Wildman–Crippen LogP) is 2.70. The molecule has 1 aromatic carbocycles. The molecule has 1 fully saturated rings. The molecule has 3 aliphatic rings. The summed E-state index contributed by atoms with van der Waals surface area (Å²) in [5, 5.41) is 29.4. The van der Waals surface area contributed by atoms with Crippen molar-refractivity contribution in [3.63, 3.8) is 0 Å². The molecule has 1 aromatic rings. The molecule has 152 valence electrons. The fourth-order valence-corrected chi connectivity index (χ4v) is 6.37. The van der Waals surface area contributed by atoms with Crippen LogP contribution in [-0.4, -0.2) is 57.7 Å². The standard InChI is InChI=1S/C20H23ClO6S/c21-13-3-1-2-11-4-5-17(18(11)13)28-16-6-7-20(8-12(16)19(24)25)26-14(9-22)15(10-23)27-20/h1-3,8,14-17,22-23H,4-7,9-10H2,(H,24,25)/t14-,15-,16?,17?/m1/s1. The van der Waals surface area contributed by atoms with Crippen LogP contribution in [0.4, 0.5) is 0 Å². The number of benzene rings is 1. The maximum Gasteiger partial charge on any atom is 0.332 e. The van der Waals surface area contributed by atoms with Crippen molar-refractivity contribution in [2.75, 3.05) is 13.2 Å². The summed E-state index contributed by atoms with van der Waals surface area (Å²) in [6.45, 7) is -0.586. The number of fused-ring (bicyclic) bond motifs is 1. The van der Waals surface area contributed by atoms with E-state index in [0.717, 1.165) is 23.4 Å². The Labute approximate surface area is 172 Å². The molecule has 2 unspecified atom stereocenters. The third-order valence-electron chi connectivity index (χ3n) is 5.67. The van der Waals surface area contributed by atoms with Gasteiger partial charge in [0, 0.05) is 21.9 Å². The highest BCUT2D eigenvalue weighted by molar-refractivity contribution is 8.00. The van der Waals surface area contributed by atoms with Gasteiger partial charge in [0.25, 0.3) is 0 Å². The first kappa shape index (κ1) is 20.2. The number of halogens is 1. The fourth-order valence-electron chi connectivity index (χ4n) is 4.34. The van der Waals surface area contributed by atoms with E-state index in [1.165, 1.54) is 11.6 Å². The summed E-state index contributed by atoms with van der Waals surface area (Å²) < 4.78 is 11.6. The van der Waals surface area contributed by atoms with Gasteiger partial charge in [-0.15, -0.1) is 11.8 Å². The van der Waals surface area contributed by atoms with E-state index in [1.807, 2.05) is 12.1 Å². The Bertz CT molecular complexity index is 785. The van der Waals surface area contributed by atoms with Crippen molar-refractivity contribution in [1.29, 1.82) is 0 Å². The number of aryl methyl sites for hydroxylation is 1. The maximum atomic E-state index is 12.0. The van der Waals surface area contributed by atoms with Crippen LogP contribution in [0, 0.1) is 0 Å². The van der Waals surface area contributed by atoms with Gasteiger partial charge in [-0.05, 0) is 42.5 Å². The van der Waals surface area contributed by atoms with Crippen LogP contribution in [0.3, 0.4) is 0 Å². The van der Waals surface area contributed by atoms with Crippen LogP contribution in [-0.2, 0) is 20.7 Å². The molecule has 28 heavy (non-hydrogen) atoms. The number of carboxylic acids is 1. The molecular weight excluding hydrogens is 404 g/mol. The normalized spacial score (nSPS) is 31.0. The van der Waals surface area contributed by atoms with Gasteiger partial charge in [-0.1, -0.05) is 23.7 Å². The molecule has 0 amide bonds. The predicted molar refractivity (Wildman–Crippen MR) is 105 cm³/mol. The Morgan fingerprint density at radius 2 is 1.89 bits per heavy atom. The SMILES string of the molecule is O=C(O)C1=CC2(CCC1SC1CCc3cccc(Cl)c31)O[C@H](CO)[C@@H](CO)O2. The first-order chi connectivity index (χ1) is 13.5. The second-order valence-electron chi connectivity index (χ2n) is 7.40. The average Bonchev–Trinajstić information content (AvgIpc) is 3.25. The zero-order valence-corrected chi connectivity index (χ0v) is 16.8. The van der Waals surface area contributed by atoms with E-state index < -0.39 is 24.0 Å². The molecule has 1 spiro atoms. The highest BCUT2D eigenvalue weighted by atomic mass is 35.5. The summed E-state index contributed by atoms with van der Waals surface area (Å²) in [6, 6.07) is 5.91. The molecule has 4 rings (SSSR count). The lowest BCUT2D eigenvalue weighted by Gasteiger charge is -2.34. The summed E-state index contributed by atoms with van der Waals surface area (Å²) in [6.07, 6.45) is 3.11. The van der Waals surface area contributed by atoms with E-state index in [2.05, 4.69) is 6.07 Å². The smallest absolute Gasteiger partial charge is 0.332 e. The third kappa shape index (κ3) is 3.60. The topological polar surface area (TPSA) is 96.2 Å². The van der Waals surface area contributed by atoms with E-state index in [0.29, 0.717) is 12.8 Å². The van der Waals surface area contributed by atoms with Crippen molar-refractivity contribution >= 4 is 29.3 Å². The van der Waals surface area contributed by atoms with Gasteiger partial charge in [0.15, 0.2) is 5.79 Å². The van der Waals surface area contributed by atoms with Gasteiger partial charge in [-0.2, -0.15) is 0 Å². The fraction of sp³-hybridized carbons (Fsp3) is 0.550. The molecule has 1 saturated heterocycles. The number of carbonyl (C=O) groups is 1. The number of rotatable bonds is 5. The Kier molecular flexibility index (Phi) is 5.75. The van der Waals surface area contributed by atoms with Crippen LogP contribution >= 0.6 is 23.4 Å².